The highest BCUT2D eigenvalue weighted by Gasteiger charge is 2.49. The smallest absolute Gasteiger partial charge is 0.245 e. The average molecular weight is 286 g/mol. The molecule has 0 spiro atoms. The predicted octanol–water partition coefficient (Wildman–Crippen LogP) is 1.92. The van der Waals surface area contributed by atoms with Crippen LogP contribution < -0.4 is 5.32 Å². The summed E-state index contributed by atoms with van der Waals surface area (Å²) in [6, 6.07) is 8.23. The van der Waals surface area contributed by atoms with Gasteiger partial charge in [-0.15, -0.1) is 0 Å². The number of Topliss-reactive ketones (excluding diaryl/α,β-unsaturated/α-hetero) is 1. The lowest BCUT2D eigenvalue weighted by Crippen LogP contribution is -2.36. The van der Waals surface area contributed by atoms with Gasteiger partial charge < -0.3 is 5.32 Å². The van der Waals surface area contributed by atoms with Crippen LogP contribution in [-0.4, -0.2) is 17.7 Å². The van der Waals surface area contributed by atoms with Crippen LogP contribution in [-0.2, 0) is 9.59 Å². The van der Waals surface area contributed by atoms with E-state index in [0.717, 1.165) is 12.8 Å². The molecular formula is C16H15FN2O2. The molecule has 0 heterocycles. The van der Waals surface area contributed by atoms with E-state index in [0.29, 0.717) is 12.0 Å². The van der Waals surface area contributed by atoms with E-state index in [1.165, 1.54) is 6.07 Å². The fourth-order valence-electron chi connectivity index (χ4n) is 2.61. The van der Waals surface area contributed by atoms with Gasteiger partial charge in [0.25, 0.3) is 0 Å². The molecule has 0 radical (unpaired) electrons. The van der Waals surface area contributed by atoms with Gasteiger partial charge in [-0.2, -0.15) is 5.26 Å². The van der Waals surface area contributed by atoms with Crippen LogP contribution in [0.3, 0.4) is 0 Å². The fraction of sp³-hybridized carbons (Fsp3) is 0.438. The Kier molecular flexibility index (Phi) is 3.46. The summed E-state index contributed by atoms with van der Waals surface area (Å²) >= 11 is 0. The van der Waals surface area contributed by atoms with Crippen LogP contribution in [0.4, 0.5) is 4.39 Å². The van der Waals surface area contributed by atoms with E-state index in [-0.39, 0.29) is 23.6 Å². The zero-order valence-corrected chi connectivity index (χ0v) is 11.4. The van der Waals surface area contributed by atoms with E-state index in [2.05, 4.69) is 5.32 Å². The third kappa shape index (κ3) is 2.80. The predicted molar refractivity (Wildman–Crippen MR) is 72.5 cm³/mol. The lowest BCUT2D eigenvalue weighted by Gasteiger charge is -2.08. The lowest BCUT2D eigenvalue weighted by molar-refractivity contribution is -0.132. The number of hydrogen-bond acceptors (Lipinski definition) is 3. The van der Waals surface area contributed by atoms with Gasteiger partial charge in [0.05, 0.1) is 6.07 Å². The lowest BCUT2D eigenvalue weighted by atomic mass is 9.98. The average Bonchev–Trinajstić information content (AvgIpc) is 3.34. The van der Waals surface area contributed by atoms with Gasteiger partial charge in [0.15, 0.2) is 11.7 Å². The van der Waals surface area contributed by atoms with Crippen LogP contribution in [0.15, 0.2) is 24.3 Å². The number of carbonyl (C=O) groups excluding carboxylic acids is 2. The van der Waals surface area contributed by atoms with Gasteiger partial charge in [0.2, 0.25) is 5.91 Å². The number of rotatable bonds is 5. The van der Waals surface area contributed by atoms with Gasteiger partial charge in [0.1, 0.15) is 5.82 Å². The third-order valence-corrected chi connectivity index (χ3v) is 4.06. The minimum atomic E-state index is -1.27. The molecule has 1 aromatic rings. The topological polar surface area (TPSA) is 70.0 Å². The summed E-state index contributed by atoms with van der Waals surface area (Å²) in [7, 11) is 0. The normalized spacial score (nSPS) is 24.8. The number of ketones is 1. The first kappa shape index (κ1) is 13.7. The van der Waals surface area contributed by atoms with Gasteiger partial charge in [-0.05, 0) is 36.8 Å². The molecule has 2 saturated carbocycles. The number of nitrogens with one attached hydrogen (secondary N) is 1. The van der Waals surface area contributed by atoms with E-state index in [1.807, 2.05) is 0 Å². The van der Waals surface area contributed by atoms with Crippen molar-refractivity contribution in [3.05, 3.63) is 35.6 Å². The van der Waals surface area contributed by atoms with E-state index < -0.39 is 17.7 Å². The Labute approximate surface area is 122 Å². The number of nitrogens with zero attached hydrogens (tertiary/aromatic N) is 1. The van der Waals surface area contributed by atoms with Crippen LogP contribution in [0.2, 0.25) is 0 Å². The van der Waals surface area contributed by atoms with Gasteiger partial charge in [-0.3, -0.25) is 9.59 Å². The van der Waals surface area contributed by atoms with Crippen molar-refractivity contribution in [1.29, 1.82) is 5.26 Å². The molecule has 21 heavy (non-hydrogen) atoms. The summed E-state index contributed by atoms with van der Waals surface area (Å²) in [5, 5.41) is 11.8. The molecule has 0 aromatic heterocycles. The quantitative estimate of drug-likeness (QED) is 0.841. The van der Waals surface area contributed by atoms with Crippen molar-refractivity contribution in [2.75, 3.05) is 0 Å². The van der Waals surface area contributed by atoms with E-state index in [4.69, 9.17) is 5.26 Å². The minimum Gasteiger partial charge on any atom is -0.352 e. The summed E-state index contributed by atoms with van der Waals surface area (Å²) in [5.41, 5.74) is 0.496. The summed E-state index contributed by atoms with van der Waals surface area (Å²) in [5.74, 6) is -3.13. The maximum atomic E-state index is 13.7. The number of halogens is 1. The highest BCUT2D eigenvalue weighted by Crippen LogP contribution is 2.49. The Morgan fingerprint density at radius 1 is 1.33 bits per heavy atom. The van der Waals surface area contributed by atoms with Crippen LogP contribution >= 0.6 is 0 Å². The first-order valence-electron chi connectivity index (χ1n) is 7.10. The molecule has 0 unspecified atom stereocenters. The van der Waals surface area contributed by atoms with Crippen molar-refractivity contribution in [3.63, 3.8) is 0 Å². The molecule has 1 aromatic carbocycles. The maximum absolute atomic E-state index is 13.7. The van der Waals surface area contributed by atoms with E-state index in [1.54, 1.807) is 24.3 Å². The number of amides is 1. The molecular weight excluding hydrogens is 271 g/mol. The number of carbonyl (C=O) groups is 2. The second-order valence-electron chi connectivity index (χ2n) is 5.72. The van der Waals surface area contributed by atoms with Gasteiger partial charge in [0, 0.05) is 12.0 Å². The summed E-state index contributed by atoms with van der Waals surface area (Å²) < 4.78 is 13.7. The van der Waals surface area contributed by atoms with Gasteiger partial charge in [-0.25, -0.2) is 4.39 Å². The standard InChI is InChI=1S/C16H15FN2O2/c17-14-4-2-1-3-10(14)11-7-12(11)15(20)13(8-18)16(21)19-9-5-6-9/h1-4,9,11-13H,5-7H2,(H,19,21)/t11-,12+,13+/m1/s1. The molecule has 3 atom stereocenters. The first-order chi connectivity index (χ1) is 10.1. The second kappa shape index (κ2) is 5.28. The third-order valence-electron chi connectivity index (χ3n) is 4.06. The Bertz CT molecular complexity index is 633. The molecule has 0 bridgehead atoms. The van der Waals surface area contributed by atoms with Gasteiger partial charge in [-0.1, -0.05) is 18.2 Å². The molecule has 2 aliphatic rings. The van der Waals surface area contributed by atoms with Crippen molar-refractivity contribution in [3.8, 4) is 6.07 Å². The summed E-state index contributed by atoms with van der Waals surface area (Å²) in [6.07, 6.45) is 2.31. The largest absolute Gasteiger partial charge is 0.352 e. The van der Waals surface area contributed by atoms with Crippen LogP contribution in [0.1, 0.15) is 30.7 Å². The molecule has 0 aliphatic heterocycles. The van der Waals surface area contributed by atoms with Crippen molar-refractivity contribution in [2.24, 2.45) is 11.8 Å². The fourth-order valence-corrected chi connectivity index (χ4v) is 2.61. The SMILES string of the molecule is N#C[C@H](C(=O)NC1CC1)C(=O)[C@H]1C[C@@H]1c1ccccc1F. The van der Waals surface area contributed by atoms with Crippen LogP contribution in [0.5, 0.6) is 0 Å². The Morgan fingerprint density at radius 3 is 2.67 bits per heavy atom. The van der Waals surface area contributed by atoms with Gasteiger partial charge >= 0.3 is 0 Å². The molecule has 2 aliphatic carbocycles. The number of benzene rings is 1. The molecule has 0 saturated heterocycles. The highest BCUT2D eigenvalue weighted by molar-refractivity contribution is 6.06. The monoisotopic (exact) mass is 286 g/mol. The van der Waals surface area contributed by atoms with Crippen LogP contribution in [0, 0.1) is 29.0 Å². The molecule has 5 heteroatoms. The van der Waals surface area contributed by atoms with E-state index in [9.17, 15) is 14.0 Å². The van der Waals surface area contributed by atoms with Crippen molar-refractivity contribution in [2.45, 2.75) is 31.2 Å². The zero-order valence-electron chi connectivity index (χ0n) is 11.4. The molecule has 2 fully saturated rings. The second-order valence-corrected chi connectivity index (χ2v) is 5.72. The minimum absolute atomic E-state index is 0.114. The molecule has 108 valence electrons. The maximum Gasteiger partial charge on any atom is 0.245 e. The summed E-state index contributed by atoms with van der Waals surface area (Å²) in [4.78, 5) is 24.1. The van der Waals surface area contributed by atoms with Crippen molar-refractivity contribution >= 4 is 11.7 Å². The Balaban J connectivity index is 1.67. The first-order valence-corrected chi connectivity index (χ1v) is 7.10. The molecule has 1 N–H and O–H groups in total. The Morgan fingerprint density at radius 2 is 2.05 bits per heavy atom. The van der Waals surface area contributed by atoms with E-state index >= 15 is 0 Å². The van der Waals surface area contributed by atoms with Crippen molar-refractivity contribution < 1.29 is 14.0 Å². The summed E-state index contributed by atoms with van der Waals surface area (Å²) in [6.45, 7) is 0. The number of hydrogen-bond donors (Lipinski definition) is 1. The molecule has 3 rings (SSSR count). The highest BCUT2D eigenvalue weighted by atomic mass is 19.1. The zero-order chi connectivity index (χ0) is 15.0. The number of nitriles is 1. The van der Waals surface area contributed by atoms with Crippen LogP contribution in [0.25, 0.3) is 0 Å². The van der Waals surface area contributed by atoms with Crippen molar-refractivity contribution in [1.82, 2.24) is 5.32 Å². The molecule has 1 amide bonds. The Hall–Kier alpha value is -2.22. The molecule has 4 nitrogen and oxygen atoms in total.